The minimum atomic E-state index is -0.530. The number of imidazole rings is 1. The number of amides is 2. The van der Waals surface area contributed by atoms with Crippen LogP contribution in [0.5, 0.6) is 0 Å². The van der Waals surface area contributed by atoms with Gasteiger partial charge in [0.2, 0.25) is 0 Å². The van der Waals surface area contributed by atoms with Gasteiger partial charge in [-0.1, -0.05) is 60.7 Å². The molecule has 7 heteroatoms. The molecular weight excluding hydrogens is 428 g/mol. The largest absolute Gasteiger partial charge is 0.394 e. The Kier molecular flexibility index (Phi) is 5.76. The fraction of sp³-hybridized carbons (Fsp3) is 0.0741. The summed E-state index contributed by atoms with van der Waals surface area (Å²) in [6.45, 7) is -0.227. The van der Waals surface area contributed by atoms with Crippen LogP contribution in [0.4, 0.5) is 5.69 Å². The van der Waals surface area contributed by atoms with Crippen LogP contribution in [-0.4, -0.2) is 33.5 Å². The molecule has 0 bridgehead atoms. The summed E-state index contributed by atoms with van der Waals surface area (Å²) in [6, 6.07) is 23.5. The van der Waals surface area contributed by atoms with Crippen LogP contribution in [0.3, 0.4) is 0 Å². The molecule has 1 atom stereocenters. The Bertz CT molecular complexity index is 1380. The highest BCUT2D eigenvalue weighted by Crippen LogP contribution is 2.34. The number of aliphatic hydroxyl groups is 1. The third kappa shape index (κ3) is 4.24. The lowest BCUT2D eigenvalue weighted by Gasteiger charge is -2.17. The highest BCUT2D eigenvalue weighted by atomic mass is 16.3. The Morgan fingerprint density at radius 1 is 1.03 bits per heavy atom. The molecule has 0 saturated carbocycles. The van der Waals surface area contributed by atoms with Crippen LogP contribution in [0, 0.1) is 0 Å². The number of H-pyrrole nitrogens is 1. The van der Waals surface area contributed by atoms with Gasteiger partial charge < -0.3 is 20.7 Å². The van der Waals surface area contributed by atoms with Crippen molar-refractivity contribution in [3.05, 3.63) is 107 Å². The predicted octanol–water partition coefficient (Wildman–Crippen LogP) is 4.03. The Hall–Kier alpha value is -4.49. The van der Waals surface area contributed by atoms with Crippen molar-refractivity contribution in [3.63, 3.8) is 0 Å². The van der Waals surface area contributed by atoms with Crippen LogP contribution in [-0.2, 0) is 4.79 Å². The van der Waals surface area contributed by atoms with Crippen molar-refractivity contribution in [1.82, 2.24) is 15.3 Å². The fourth-order valence-corrected chi connectivity index (χ4v) is 3.94. The standard InChI is InChI=1S/C27H22N4O3/c32-16-24(17-7-3-1-4-8-17)31-26(33)19-11-12-23-21(13-19)22(27(34)30-23)14-20-15-28-25(29-20)18-9-5-2-6-10-18/h1-15,24,32H,16H2,(H,28,29)(H,30,34)(H,31,33)/b22-14-/t24-/m1/s1. The summed E-state index contributed by atoms with van der Waals surface area (Å²) in [7, 11) is 0. The lowest BCUT2D eigenvalue weighted by molar-refractivity contribution is -0.110. The number of carbonyl (C=O) groups is 2. The van der Waals surface area contributed by atoms with Crippen molar-refractivity contribution in [2.45, 2.75) is 6.04 Å². The van der Waals surface area contributed by atoms with Gasteiger partial charge in [0, 0.05) is 22.4 Å². The molecule has 0 aliphatic carbocycles. The van der Waals surface area contributed by atoms with Gasteiger partial charge in [-0.2, -0.15) is 0 Å². The van der Waals surface area contributed by atoms with Gasteiger partial charge in [-0.05, 0) is 29.8 Å². The number of benzene rings is 3. The Balaban J connectivity index is 1.41. The van der Waals surface area contributed by atoms with Crippen LogP contribution in [0.25, 0.3) is 23.0 Å². The molecule has 1 aliphatic rings. The highest BCUT2D eigenvalue weighted by molar-refractivity contribution is 6.35. The van der Waals surface area contributed by atoms with Gasteiger partial charge in [-0.15, -0.1) is 0 Å². The molecule has 34 heavy (non-hydrogen) atoms. The third-order valence-corrected chi connectivity index (χ3v) is 5.70. The minimum Gasteiger partial charge on any atom is -0.394 e. The van der Waals surface area contributed by atoms with Gasteiger partial charge in [-0.25, -0.2) is 4.98 Å². The molecule has 0 radical (unpaired) electrons. The number of hydrogen-bond acceptors (Lipinski definition) is 4. The van der Waals surface area contributed by atoms with E-state index in [0.29, 0.717) is 33.9 Å². The molecule has 4 N–H and O–H groups in total. The van der Waals surface area contributed by atoms with E-state index < -0.39 is 6.04 Å². The number of carbonyl (C=O) groups excluding carboxylic acids is 2. The van der Waals surface area contributed by atoms with Crippen LogP contribution >= 0.6 is 0 Å². The summed E-state index contributed by atoms with van der Waals surface area (Å²) < 4.78 is 0. The molecule has 3 aromatic carbocycles. The Labute approximate surface area is 196 Å². The highest BCUT2D eigenvalue weighted by Gasteiger charge is 2.26. The smallest absolute Gasteiger partial charge is 0.256 e. The normalized spacial score (nSPS) is 14.5. The predicted molar refractivity (Wildman–Crippen MR) is 131 cm³/mol. The molecular formula is C27H22N4O3. The van der Waals surface area contributed by atoms with E-state index in [-0.39, 0.29) is 18.4 Å². The number of hydrogen-bond donors (Lipinski definition) is 4. The molecule has 0 fully saturated rings. The zero-order valence-electron chi connectivity index (χ0n) is 18.2. The monoisotopic (exact) mass is 450 g/mol. The molecule has 0 unspecified atom stereocenters. The second-order valence-electron chi connectivity index (χ2n) is 7.94. The van der Waals surface area contributed by atoms with Gasteiger partial charge in [0.25, 0.3) is 11.8 Å². The molecule has 0 spiro atoms. The van der Waals surface area contributed by atoms with E-state index in [9.17, 15) is 14.7 Å². The number of aromatic amines is 1. The van der Waals surface area contributed by atoms with Crippen molar-refractivity contribution in [2.75, 3.05) is 11.9 Å². The van der Waals surface area contributed by atoms with Gasteiger partial charge in [-0.3, -0.25) is 9.59 Å². The first-order valence-electron chi connectivity index (χ1n) is 10.9. The average molecular weight is 450 g/mol. The van der Waals surface area contributed by atoms with E-state index in [2.05, 4.69) is 20.6 Å². The van der Waals surface area contributed by atoms with Crippen molar-refractivity contribution in [1.29, 1.82) is 0 Å². The number of anilines is 1. The summed E-state index contributed by atoms with van der Waals surface area (Å²) in [5, 5.41) is 15.5. The molecule has 5 rings (SSSR count). The van der Waals surface area contributed by atoms with E-state index in [4.69, 9.17) is 0 Å². The molecule has 168 valence electrons. The van der Waals surface area contributed by atoms with Crippen LogP contribution < -0.4 is 10.6 Å². The number of nitrogens with zero attached hydrogens (tertiary/aromatic N) is 1. The fourth-order valence-electron chi connectivity index (χ4n) is 3.94. The van der Waals surface area contributed by atoms with Crippen LogP contribution in [0.15, 0.2) is 85.1 Å². The van der Waals surface area contributed by atoms with E-state index in [0.717, 1.165) is 11.1 Å². The van der Waals surface area contributed by atoms with E-state index in [1.165, 1.54) is 0 Å². The van der Waals surface area contributed by atoms with E-state index in [1.54, 1.807) is 30.5 Å². The van der Waals surface area contributed by atoms with Gasteiger partial charge in [0.05, 0.1) is 30.1 Å². The first-order valence-corrected chi connectivity index (χ1v) is 10.9. The van der Waals surface area contributed by atoms with Gasteiger partial charge >= 0.3 is 0 Å². The summed E-state index contributed by atoms with van der Waals surface area (Å²) in [4.78, 5) is 33.2. The summed E-state index contributed by atoms with van der Waals surface area (Å²) in [6.07, 6.45) is 3.39. The molecule has 7 nitrogen and oxygen atoms in total. The van der Waals surface area contributed by atoms with Crippen molar-refractivity contribution >= 4 is 29.2 Å². The SMILES string of the molecule is O=C1Nc2ccc(C(=O)N[C@H](CO)c3ccccc3)cc2/C1=C/c1cnc(-c2ccccc2)[nH]1. The maximum absolute atomic E-state index is 12.9. The topological polar surface area (TPSA) is 107 Å². The second-order valence-corrected chi connectivity index (χ2v) is 7.94. The van der Waals surface area contributed by atoms with Gasteiger partial charge in [0.1, 0.15) is 5.82 Å². The summed E-state index contributed by atoms with van der Waals surface area (Å²) in [5.74, 6) is 0.119. The number of fused-ring (bicyclic) bond motifs is 1. The van der Waals surface area contributed by atoms with E-state index in [1.807, 2.05) is 60.7 Å². The molecule has 1 aliphatic heterocycles. The zero-order valence-corrected chi connectivity index (χ0v) is 18.2. The average Bonchev–Trinajstić information content (AvgIpc) is 3.47. The minimum absolute atomic E-state index is 0.227. The quantitative estimate of drug-likeness (QED) is 0.333. The number of rotatable bonds is 6. The third-order valence-electron chi connectivity index (χ3n) is 5.70. The molecule has 4 aromatic rings. The Morgan fingerprint density at radius 3 is 2.50 bits per heavy atom. The molecule has 2 amide bonds. The summed E-state index contributed by atoms with van der Waals surface area (Å²) >= 11 is 0. The van der Waals surface area contributed by atoms with Crippen LogP contribution in [0.2, 0.25) is 0 Å². The molecule has 0 saturated heterocycles. The van der Waals surface area contributed by atoms with E-state index >= 15 is 0 Å². The lowest BCUT2D eigenvalue weighted by atomic mass is 10.0. The number of aliphatic hydroxyl groups excluding tert-OH is 1. The first kappa shape index (κ1) is 21.4. The maximum Gasteiger partial charge on any atom is 0.256 e. The molecule has 1 aromatic heterocycles. The van der Waals surface area contributed by atoms with Gasteiger partial charge in [0.15, 0.2) is 0 Å². The maximum atomic E-state index is 12.9. The summed E-state index contributed by atoms with van der Waals surface area (Å²) in [5.41, 5.74) is 4.53. The number of nitrogens with one attached hydrogen (secondary N) is 3. The lowest BCUT2D eigenvalue weighted by Crippen LogP contribution is -2.30. The van der Waals surface area contributed by atoms with Crippen LogP contribution in [0.1, 0.15) is 33.2 Å². The molecule has 2 heterocycles. The Morgan fingerprint density at radius 2 is 1.76 bits per heavy atom. The zero-order chi connectivity index (χ0) is 23.5. The van der Waals surface area contributed by atoms with Crippen molar-refractivity contribution in [2.24, 2.45) is 0 Å². The first-order chi connectivity index (χ1) is 16.6. The van der Waals surface area contributed by atoms with Crippen molar-refractivity contribution in [3.8, 4) is 11.4 Å². The second kappa shape index (κ2) is 9.17. The number of aromatic nitrogens is 2. The van der Waals surface area contributed by atoms with Crippen molar-refractivity contribution < 1.29 is 14.7 Å².